The number of carbonyl (C=O) groups is 2. The zero-order chi connectivity index (χ0) is 32.0. The maximum absolute atomic E-state index is 12.4. The predicted octanol–water partition coefficient (Wildman–Crippen LogP) is 7.33. The van der Waals surface area contributed by atoms with Crippen molar-refractivity contribution in [1.29, 1.82) is 0 Å². The second-order valence-electron chi connectivity index (χ2n) is 11.2. The molecule has 0 fully saturated rings. The fourth-order valence-corrected chi connectivity index (χ4v) is 5.07. The Hall–Kier alpha value is -1.29. The van der Waals surface area contributed by atoms with Crippen LogP contribution in [0.5, 0.6) is 0 Å². The number of phosphoric ester groups is 1. The van der Waals surface area contributed by atoms with Crippen molar-refractivity contribution in [3.05, 3.63) is 12.2 Å². The Morgan fingerprint density at radius 1 is 0.674 bits per heavy atom. The molecular formula is C32H61O10P. The van der Waals surface area contributed by atoms with Crippen molar-refractivity contribution in [2.24, 2.45) is 0 Å². The average molecular weight is 637 g/mol. The highest BCUT2D eigenvalue weighted by Crippen LogP contribution is 2.43. The van der Waals surface area contributed by atoms with Gasteiger partial charge in [0.2, 0.25) is 0 Å². The van der Waals surface area contributed by atoms with Crippen LogP contribution in [0.2, 0.25) is 0 Å². The molecule has 0 saturated heterocycles. The number of phosphoric acid groups is 1. The lowest BCUT2D eigenvalue weighted by Crippen LogP contribution is -2.29. The minimum Gasteiger partial charge on any atom is -0.462 e. The molecule has 254 valence electrons. The van der Waals surface area contributed by atoms with Crippen LogP contribution in [0.25, 0.3) is 0 Å². The van der Waals surface area contributed by atoms with Crippen molar-refractivity contribution in [3.63, 3.8) is 0 Å². The molecule has 0 amide bonds. The highest BCUT2D eigenvalue weighted by molar-refractivity contribution is 7.47. The lowest BCUT2D eigenvalue weighted by molar-refractivity contribution is -0.161. The van der Waals surface area contributed by atoms with Gasteiger partial charge in [-0.15, -0.1) is 0 Å². The summed E-state index contributed by atoms with van der Waals surface area (Å²) in [5, 5.41) is 18.2. The van der Waals surface area contributed by atoms with Crippen molar-refractivity contribution < 1.29 is 47.8 Å². The molecule has 10 nitrogen and oxygen atoms in total. The standard InChI is InChI=1S/C32H61O10P/c1-3-5-7-9-11-12-13-14-15-16-18-20-22-24-32(36)42-30(28-41-43(37,38)40-26-29(34)25-33)27-39-31(35)23-21-19-17-10-8-6-4-2/h12-13,29-30,33-34H,3-11,14-28H2,1-2H3,(H,37,38)/b13-12-. The summed E-state index contributed by atoms with van der Waals surface area (Å²) in [7, 11) is -4.60. The first-order valence-electron chi connectivity index (χ1n) is 16.6. The number of rotatable bonds is 31. The molecule has 0 radical (unpaired) electrons. The molecule has 0 aromatic carbocycles. The van der Waals surface area contributed by atoms with Crippen LogP contribution in [-0.2, 0) is 32.7 Å². The van der Waals surface area contributed by atoms with Crippen LogP contribution in [0.3, 0.4) is 0 Å². The zero-order valence-electron chi connectivity index (χ0n) is 26.9. The van der Waals surface area contributed by atoms with E-state index in [1.54, 1.807) is 0 Å². The van der Waals surface area contributed by atoms with E-state index in [1.165, 1.54) is 44.9 Å². The lowest BCUT2D eigenvalue weighted by atomic mass is 10.1. The van der Waals surface area contributed by atoms with E-state index in [-0.39, 0.29) is 19.4 Å². The molecule has 0 aliphatic carbocycles. The molecule has 0 rings (SSSR count). The van der Waals surface area contributed by atoms with E-state index in [2.05, 4.69) is 30.5 Å². The maximum atomic E-state index is 12.4. The Morgan fingerprint density at radius 3 is 1.70 bits per heavy atom. The van der Waals surface area contributed by atoms with Crippen LogP contribution in [0.15, 0.2) is 12.2 Å². The molecule has 0 saturated carbocycles. The summed E-state index contributed by atoms with van der Waals surface area (Å²) in [4.78, 5) is 34.5. The van der Waals surface area contributed by atoms with Gasteiger partial charge in [0, 0.05) is 12.8 Å². The Bertz CT molecular complexity index is 746. The first kappa shape index (κ1) is 41.7. The number of esters is 2. The smallest absolute Gasteiger partial charge is 0.462 e. The van der Waals surface area contributed by atoms with Gasteiger partial charge in [-0.05, 0) is 38.5 Å². The fourth-order valence-electron chi connectivity index (χ4n) is 4.28. The van der Waals surface area contributed by atoms with E-state index in [9.17, 15) is 24.2 Å². The largest absolute Gasteiger partial charge is 0.472 e. The Morgan fingerprint density at radius 2 is 1.14 bits per heavy atom. The summed E-state index contributed by atoms with van der Waals surface area (Å²) >= 11 is 0. The highest BCUT2D eigenvalue weighted by Gasteiger charge is 2.27. The van der Waals surface area contributed by atoms with Crippen molar-refractivity contribution in [1.82, 2.24) is 0 Å². The molecule has 11 heteroatoms. The Kier molecular flexibility index (Phi) is 28.5. The molecule has 0 aliphatic rings. The van der Waals surface area contributed by atoms with E-state index in [0.29, 0.717) is 12.8 Å². The second-order valence-corrected chi connectivity index (χ2v) is 12.6. The van der Waals surface area contributed by atoms with Gasteiger partial charge >= 0.3 is 19.8 Å². The molecule has 0 heterocycles. The third-order valence-corrected chi connectivity index (χ3v) is 7.87. The number of allylic oxidation sites excluding steroid dienone is 2. The first-order valence-corrected chi connectivity index (χ1v) is 18.1. The minimum absolute atomic E-state index is 0.177. The third kappa shape index (κ3) is 29.2. The van der Waals surface area contributed by atoms with Gasteiger partial charge in [-0.1, -0.05) is 103 Å². The highest BCUT2D eigenvalue weighted by atomic mass is 31.2. The molecule has 3 atom stereocenters. The number of ether oxygens (including phenoxy) is 2. The summed E-state index contributed by atoms with van der Waals surface area (Å²) in [5.74, 6) is -0.942. The number of hydrogen-bond acceptors (Lipinski definition) is 9. The van der Waals surface area contributed by atoms with Crippen LogP contribution in [-0.4, -0.2) is 65.7 Å². The van der Waals surface area contributed by atoms with Crippen LogP contribution >= 0.6 is 7.82 Å². The molecule has 3 unspecified atom stereocenters. The maximum Gasteiger partial charge on any atom is 0.472 e. The molecule has 0 bridgehead atoms. The second kappa shape index (κ2) is 29.4. The van der Waals surface area contributed by atoms with E-state index in [0.717, 1.165) is 57.8 Å². The minimum atomic E-state index is -4.60. The Balaban J connectivity index is 4.43. The van der Waals surface area contributed by atoms with Crippen molar-refractivity contribution in [2.75, 3.05) is 26.4 Å². The number of aliphatic hydroxyl groups is 2. The number of aliphatic hydroxyl groups excluding tert-OH is 2. The van der Waals surface area contributed by atoms with Crippen LogP contribution in [0, 0.1) is 0 Å². The molecular weight excluding hydrogens is 575 g/mol. The van der Waals surface area contributed by atoms with E-state index in [1.807, 2.05) is 0 Å². The summed E-state index contributed by atoms with van der Waals surface area (Å²) in [6.07, 6.45) is 22.1. The SMILES string of the molecule is CCCCCC/C=C\CCCCCCCC(=O)OC(COC(=O)CCCCCCCCC)COP(=O)(O)OCC(O)CO. The van der Waals surface area contributed by atoms with E-state index < -0.39 is 51.8 Å². The average Bonchev–Trinajstić information content (AvgIpc) is 2.99. The van der Waals surface area contributed by atoms with Gasteiger partial charge in [0.1, 0.15) is 12.7 Å². The summed E-state index contributed by atoms with van der Waals surface area (Å²) in [6.45, 7) is 2.27. The normalized spacial score (nSPS) is 14.4. The van der Waals surface area contributed by atoms with Crippen molar-refractivity contribution in [2.45, 2.75) is 154 Å². The van der Waals surface area contributed by atoms with Crippen LogP contribution < -0.4 is 0 Å². The fraction of sp³-hybridized carbons (Fsp3) is 0.875. The van der Waals surface area contributed by atoms with Gasteiger partial charge in [-0.25, -0.2) is 4.57 Å². The van der Waals surface area contributed by atoms with Crippen molar-refractivity contribution >= 4 is 19.8 Å². The van der Waals surface area contributed by atoms with Crippen molar-refractivity contribution in [3.8, 4) is 0 Å². The van der Waals surface area contributed by atoms with Gasteiger partial charge in [-0.2, -0.15) is 0 Å². The first-order chi connectivity index (χ1) is 20.7. The quantitative estimate of drug-likeness (QED) is 0.0306. The number of unbranched alkanes of at least 4 members (excludes halogenated alkanes) is 15. The summed E-state index contributed by atoms with van der Waals surface area (Å²) < 4.78 is 32.3. The lowest BCUT2D eigenvalue weighted by Gasteiger charge is -2.20. The monoisotopic (exact) mass is 636 g/mol. The van der Waals surface area contributed by atoms with Gasteiger partial charge in [0.25, 0.3) is 0 Å². The third-order valence-electron chi connectivity index (χ3n) is 6.92. The predicted molar refractivity (Wildman–Crippen MR) is 168 cm³/mol. The van der Waals surface area contributed by atoms with E-state index >= 15 is 0 Å². The van der Waals surface area contributed by atoms with Gasteiger partial charge < -0.3 is 24.6 Å². The number of carbonyl (C=O) groups excluding carboxylic acids is 2. The molecule has 3 N–H and O–H groups in total. The zero-order valence-corrected chi connectivity index (χ0v) is 27.8. The summed E-state index contributed by atoms with van der Waals surface area (Å²) in [6, 6.07) is 0. The van der Waals surface area contributed by atoms with E-state index in [4.69, 9.17) is 19.1 Å². The molecule has 43 heavy (non-hydrogen) atoms. The molecule has 0 aliphatic heterocycles. The Labute approximate surface area is 260 Å². The van der Waals surface area contributed by atoms with Gasteiger partial charge in [0.05, 0.1) is 19.8 Å². The molecule has 0 aromatic rings. The van der Waals surface area contributed by atoms with Gasteiger partial charge in [0.15, 0.2) is 6.10 Å². The molecule has 0 spiro atoms. The van der Waals surface area contributed by atoms with Gasteiger partial charge in [-0.3, -0.25) is 18.6 Å². The molecule has 0 aromatic heterocycles. The number of hydrogen-bond donors (Lipinski definition) is 3. The van der Waals surface area contributed by atoms with Crippen LogP contribution in [0.4, 0.5) is 0 Å². The topological polar surface area (TPSA) is 149 Å². The summed E-state index contributed by atoms with van der Waals surface area (Å²) in [5.41, 5.74) is 0. The van der Waals surface area contributed by atoms with Crippen LogP contribution in [0.1, 0.15) is 142 Å².